The van der Waals surface area contributed by atoms with E-state index in [9.17, 15) is 5.11 Å². The summed E-state index contributed by atoms with van der Waals surface area (Å²) in [7, 11) is 0. The van der Waals surface area contributed by atoms with E-state index in [0.717, 1.165) is 60.9 Å². The molecule has 3 atom stereocenters. The van der Waals surface area contributed by atoms with Crippen LogP contribution in [0.25, 0.3) is 5.57 Å². The van der Waals surface area contributed by atoms with Crippen LogP contribution in [0.3, 0.4) is 0 Å². The third-order valence-corrected chi connectivity index (χ3v) is 10.00. The van der Waals surface area contributed by atoms with Gasteiger partial charge in [0.15, 0.2) is 0 Å². The van der Waals surface area contributed by atoms with Gasteiger partial charge in [-0.15, -0.1) is 0 Å². The van der Waals surface area contributed by atoms with Gasteiger partial charge < -0.3 is 5.11 Å². The maximum Gasteiger partial charge on any atom is 0.128 e. The summed E-state index contributed by atoms with van der Waals surface area (Å²) in [4.78, 5) is 4.76. The van der Waals surface area contributed by atoms with Crippen LogP contribution in [-0.2, 0) is 5.41 Å². The number of nitrogens with zero attached hydrogens (tertiary/aromatic N) is 1. The number of allylic oxidation sites excluding steroid dienone is 10. The Morgan fingerprint density at radius 3 is 2.64 bits per heavy atom. The van der Waals surface area contributed by atoms with Crippen LogP contribution in [0.2, 0.25) is 0 Å². The molecule has 0 saturated heterocycles. The molecule has 0 saturated carbocycles. The molecule has 4 aliphatic rings. The van der Waals surface area contributed by atoms with Gasteiger partial charge in [0.25, 0.3) is 0 Å². The molecule has 0 fully saturated rings. The molecule has 2 aromatic rings. The van der Waals surface area contributed by atoms with E-state index in [-0.39, 0.29) is 10.8 Å². The van der Waals surface area contributed by atoms with Crippen molar-refractivity contribution in [3.05, 3.63) is 118 Å². The van der Waals surface area contributed by atoms with Crippen molar-refractivity contribution in [1.29, 1.82) is 0 Å². The second-order valence-corrected chi connectivity index (χ2v) is 14.4. The Morgan fingerprint density at radius 2 is 1.89 bits per heavy atom. The molecule has 1 N–H and O–H groups in total. The van der Waals surface area contributed by atoms with E-state index in [1.54, 1.807) is 0 Å². The number of aromatic hydroxyl groups is 1. The zero-order chi connectivity index (χ0) is 30.9. The monoisotopic (exact) mass is 581 g/mol. The third kappa shape index (κ3) is 5.95. The van der Waals surface area contributed by atoms with E-state index in [4.69, 9.17) is 4.99 Å². The molecular weight excluding hydrogens is 534 g/mol. The Morgan fingerprint density at radius 1 is 1.05 bits per heavy atom. The first kappa shape index (κ1) is 30.2. The Hall–Kier alpha value is -3.83. The highest BCUT2D eigenvalue weighted by Gasteiger charge is 2.45. The van der Waals surface area contributed by atoms with Crippen molar-refractivity contribution in [2.45, 2.75) is 97.3 Å². The lowest BCUT2D eigenvalue weighted by Crippen LogP contribution is -2.27. The van der Waals surface area contributed by atoms with Gasteiger partial charge in [-0.25, -0.2) is 0 Å². The highest BCUT2D eigenvalue weighted by molar-refractivity contribution is 5.89. The van der Waals surface area contributed by atoms with E-state index < -0.39 is 0 Å². The van der Waals surface area contributed by atoms with Crippen LogP contribution in [-0.4, -0.2) is 11.3 Å². The molecule has 2 aromatic carbocycles. The highest BCUT2D eigenvalue weighted by atomic mass is 16.3. The predicted octanol–water partition coefficient (Wildman–Crippen LogP) is 10.7. The zero-order valence-corrected chi connectivity index (χ0v) is 27.2. The Bertz CT molecular complexity index is 1690. The molecule has 3 unspecified atom stereocenters. The maximum atomic E-state index is 11.2. The average Bonchev–Trinajstić information content (AvgIpc) is 3.67. The smallest absolute Gasteiger partial charge is 0.128 e. The number of aliphatic imine (C=N–C) groups is 1. The van der Waals surface area contributed by atoms with Crippen molar-refractivity contribution in [3.8, 4) is 17.6 Å². The van der Waals surface area contributed by atoms with Gasteiger partial charge in [-0.05, 0) is 96.3 Å². The summed E-state index contributed by atoms with van der Waals surface area (Å²) in [5, 5.41) is 11.2. The summed E-state index contributed by atoms with van der Waals surface area (Å²) in [5.74, 6) is 8.27. The molecule has 4 aliphatic carbocycles. The van der Waals surface area contributed by atoms with Crippen molar-refractivity contribution >= 4 is 11.8 Å². The molecule has 6 rings (SSSR count). The van der Waals surface area contributed by atoms with Crippen molar-refractivity contribution in [2.75, 3.05) is 0 Å². The zero-order valence-electron chi connectivity index (χ0n) is 27.2. The molecule has 0 radical (unpaired) electrons. The van der Waals surface area contributed by atoms with E-state index >= 15 is 0 Å². The Labute approximate surface area is 265 Å². The van der Waals surface area contributed by atoms with E-state index in [0.29, 0.717) is 17.6 Å². The third-order valence-electron chi connectivity index (χ3n) is 10.00. The minimum atomic E-state index is -0.208. The van der Waals surface area contributed by atoms with E-state index in [1.165, 1.54) is 40.7 Å². The number of hydrogen-bond donors (Lipinski definition) is 1. The topological polar surface area (TPSA) is 32.6 Å². The second-order valence-electron chi connectivity index (χ2n) is 14.4. The summed E-state index contributed by atoms with van der Waals surface area (Å²) >= 11 is 0. The first-order valence-electron chi connectivity index (χ1n) is 16.6. The minimum Gasteiger partial charge on any atom is -0.507 e. The number of phenolic OH excluding ortho intramolecular Hbond substituents is 1. The highest BCUT2D eigenvalue weighted by Crippen LogP contribution is 2.59. The Kier molecular flexibility index (Phi) is 8.43. The normalized spacial score (nSPS) is 22.3. The summed E-state index contributed by atoms with van der Waals surface area (Å²) in [6, 6.07) is 13.1. The fourth-order valence-corrected chi connectivity index (χ4v) is 7.55. The van der Waals surface area contributed by atoms with Crippen LogP contribution >= 0.6 is 0 Å². The Balaban J connectivity index is 1.31. The molecule has 44 heavy (non-hydrogen) atoms. The standard InChI is InChI=1S/C42H47NO/c1-29-22-23-36-37(25-29)34-20-11-12-21-35(34)39(36)42(5,32-16-9-10-17-32)24-14-13-15-30-26-31(28-43-33-18-7-6-8-19-33)40(44)38(27-30)41(2,3)4/h9,11-12,16-18,20-21,23,25-29,39,44H,6-8,10,14,19,22,24H2,1-5H3. The lowest BCUT2D eigenvalue weighted by Gasteiger charge is -2.38. The first-order chi connectivity index (χ1) is 21.1. The van der Waals surface area contributed by atoms with Gasteiger partial charge in [0.2, 0.25) is 0 Å². The number of phenols is 1. The lowest BCUT2D eigenvalue weighted by atomic mass is 9.64. The second kappa shape index (κ2) is 12.3. The van der Waals surface area contributed by atoms with Crippen LogP contribution < -0.4 is 0 Å². The van der Waals surface area contributed by atoms with Crippen molar-refractivity contribution in [1.82, 2.24) is 0 Å². The predicted molar refractivity (Wildman–Crippen MR) is 186 cm³/mol. The van der Waals surface area contributed by atoms with Gasteiger partial charge in [-0.3, -0.25) is 4.99 Å². The van der Waals surface area contributed by atoms with Crippen molar-refractivity contribution in [3.63, 3.8) is 0 Å². The van der Waals surface area contributed by atoms with Gasteiger partial charge in [0, 0.05) is 46.4 Å². The summed E-state index contributed by atoms with van der Waals surface area (Å²) < 4.78 is 0. The van der Waals surface area contributed by atoms with Gasteiger partial charge in [0.05, 0.1) is 0 Å². The average molecular weight is 582 g/mol. The summed E-state index contributed by atoms with van der Waals surface area (Å²) in [6.07, 6.45) is 24.5. The number of fused-ring (bicyclic) bond motifs is 3. The van der Waals surface area contributed by atoms with Crippen LogP contribution in [0.1, 0.15) is 120 Å². The SMILES string of the molecule is CC1C=C2C(=CC1)C(C(C)(CCC#Cc1cc(C=NC3=CCCCC3)c(O)c(C(C)(C)C)c1)C1=CCC=C1)c1ccccc12. The number of hydrogen-bond acceptors (Lipinski definition) is 2. The maximum absolute atomic E-state index is 11.2. The molecular formula is C42H47NO. The molecule has 0 spiro atoms. The first-order valence-corrected chi connectivity index (χ1v) is 16.6. The molecule has 0 aliphatic heterocycles. The molecule has 2 heteroatoms. The van der Waals surface area contributed by atoms with Crippen LogP contribution in [0.5, 0.6) is 5.75 Å². The molecule has 0 bridgehead atoms. The van der Waals surface area contributed by atoms with Gasteiger partial charge in [-0.2, -0.15) is 0 Å². The minimum absolute atomic E-state index is 0.0587. The van der Waals surface area contributed by atoms with Gasteiger partial charge in [0.1, 0.15) is 5.75 Å². The summed E-state index contributed by atoms with van der Waals surface area (Å²) in [5.41, 5.74) is 10.7. The summed E-state index contributed by atoms with van der Waals surface area (Å²) in [6.45, 7) is 11.2. The van der Waals surface area contributed by atoms with Gasteiger partial charge in [-0.1, -0.05) is 107 Å². The molecule has 0 aromatic heterocycles. The molecule has 2 nitrogen and oxygen atoms in total. The molecule has 0 amide bonds. The fraction of sp³-hybridized carbons (Fsp3) is 0.405. The van der Waals surface area contributed by atoms with E-state index in [2.05, 4.69) is 113 Å². The largest absolute Gasteiger partial charge is 0.507 e. The van der Waals surface area contributed by atoms with Gasteiger partial charge >= 0.3 is 0 Å². The van der Waals surface area contributed by atoms with Crippen LogP contribution in [0.4, 0.5) is 0 Å². The quantitative estimate of drug-likeness (QED) is 0.267. The van der Waals surface area contributed by atoms with Crippen molar-refractivity contribution in [2.24, 2.45) is 16.3 Å². The van der Waals surface area contributed by atoms with Crippen molar-refractivity contribution < 1.29 is 5.11 Å². The van der Waals surface area contributed by atoms with Crippen LogP contribution in [0.15, 0.2) is 94.7 Å². The molecule has 226 valence electrons. The number of benzene rings is 2. The molecule has 0 heterocycles. The number of rotatable bonds is 6. The van der Waals surface area contributed by atoms with Crippen LogP contribution in [0, 0.1) is 23.2 Å². The fourth-order valence-electron chi connectivity index (χ4n) is 7.55. The lowest BCUT2D eigenvalue weighted by molar-refractivity contribution is 0.334. The van der Waals surface area contributed by atoms with E-state index in [1.807, 2.05) is 12.3 Å².